The van der Waals surface area contributed by atoms with Crippen molar-refractivity contribution in [2.24, 2.45) is 0 Å². The highest BCUT2D eigenvalue weighted by atomic mass is 16.6. The monoisotopic (exact) mass is 360 g/mol. The number of aliphatic hydroxyl groups excluding tert-OH is 1. The van der Waals surface area contributed by atoms with Gasteiger partial charge in [0.25, 0.3) is 5.69 Å². The standard InChI is InChI=1S/C19H24N2O5/c1-13(14-8-9-18(25-3)19(11-14)26-4)20(2)12-17(22)15-6-5-7-16(10-15)21(23)24/h5-11,13,17,22H,12H2,1-4H3. The van der Waals surface area contributed by atoms with E-state index in [1.54, 1.807) is 26.4 Å². The number of rotatable bonds is 8. The van der Waals surface area contributed by atoms with Gasteiger partial charge in [-0.25, -0.2) is 0 Å². The number of likely N-dealkylation sites (N-methyl/N-ethyl adjacent to an activating group) is 1. The molecule has 2 atom stereocenters. The molecule has 0 bridgehead atoms. The molecule has 26 heavy (non-hydrogen) atoms. The van der Waals surface area contributed by atoms with Gasteiger partial charge in [0.05, 0.1) is 25.2 Å². The van der Waals surface area contributed by atoms with Gasteiger partial charge in [-0.05, 0) is 37.2 Å². The van der Waals surface area contributed by atoms with E-state index in [2.05, 4.69) is 0 Å². The van der Waals surface area contributed by atoms with E-state index in [1.807, 2.05) is 37.1 Å². The maximum Gasteiger partial charge on any atom is 0.269 e. The van der Waals surface area contributed by atoms with E-state index in [0.717, 1.165) is 5.56 Å². The van der Waals surface area contributed by atoms with Crippen molar-refractivity contribution in [1.82, 2.24) is 4.90 Å². The molecule has 1 N–H and O–H groups in total. The zero-order valence-corrected chi connectivity index (χ0v) is 15.4. The first kappa shape index (κ1) is 19.7. The van der Waals surface area contributed by atoms with Crippen molar-refractivity contribution in [2.45, 2.75) is 19.1 Å². The fraction of sp³-hybridized carbons (Fsp3) is 0.368. The summed E-state index contributed by atoms with van der Waals surface area (Å²) in [4.78, 5) is 12.4. The van der Waals surface area contributed by atoms with Crippen LogP contribution in [0.15, 0.2) is 42.5 Å². The maximum absolute atomic E-state index is 10.9. The SMILES string of the molecule is COc1ccc(C(C)N(C)CC(O)c2cccc([N+](=O)[O-])c2)cc1OC. The molecule has 0 fully saturated rings. The second-order valence-electron chi connectivity index (χ2n) is 6.10. The zero-order chi connectivity index (χ0) is 19.3. The molecule has 7 nitrogen and oxygen atoms in total. The Morgan fingerprint density at radius 1 is 1.12 bits per heavy atom. The van der Waals surface area contributed by atoms with Gasteiger partial charge in [-0.2, -0.15) is 0 Å². The molecule has 2 aromatic rings. The van der Waals surface area contributed by atoms with E-state index in [9.17, 15) is 15.2 Å². The highest BCUT2D eigenvalue weighted by molar-refractivity contribution is 5.43. The number of ether oxygens (including phenoxy) is 2. The summed E-state index contributed by atoms with van der Waals surface area (Å²) >= 11 is 0. The van der Waals surface area contributed by atoms with Crippen LogP contribution in [-0.2, 0) is 0 Å². The minimum atomic E-state index is -0.831. The van der Waals surface area contributed by atoms with Gasteiger partial charge in [0.2, 0.25) is 0 Å². The van der Waals surface area contributed by atoms with Crippen LogP contribution in [0.4, 0.5) is 5.69 Å². The number of non-ortho nitro benzene ring substituents is 1. The summed E-state index contributed by atoms with van der Waals surface area (Å²) in [5.41, 5.74) is 1.50. The van der Waals surface area contributed by atoms with Crippen molar-refractivity contribution in [3.8, 4) is 11.5 Å². The highest BCUT2D eigenvalue weighted by Gasteiger charge is 2.19. The molecule has 0 radical (unpaired) electrons. The molecule has 0 saturated heterocycles. The van der Waals surface area contributed by atoms with Gasteiger partial charge in [-0.1, -0.05) is 18.2 Å². The van der Waals surface area contributed by atoms with Crippen LogP contribution in [0.3, 0.4) is 0 Å². The van der Waals surface area contributed by atoms with Crippen molar-refractivity contribution >= 4 is 5.69 Å². The number of hydrogen-bond acceptors (Lipinski definition) is 6. The van der Waals surface area contributed by atoms with Crippen LogP contribution in [0, 0.1) is 10.1 Å². The highest BCUT2D eigenvalue weighted by Crippen LogP contribution is 2.32. The predicted octanol–water partition coefficient (Wildman–Crippen LogP) is 3.34. The Balaban J connectivity index is 2.12. The lowest BCUT2D eigenvalue weighted by Gasteiger charge is -2.28. The average molecular weight is 360 g/mol. The van der Waals surface area contributed by atoms with Crippen molar-refractivity contribution < 1.29 is 19.5 Å². The lowest BCUT2D eigenvalue weighted by molar-refractivity contribution is -0.385. The summed E-state index contributed by atoms with van der Waals surface area (Å²) in [5, 5.41) is 21.4. The van der Waals surface area contributed by atoms with Gasteiger partial charge >= 0.3 is 0 Å². The molecule has 2 rings (SSSR count). The number of methoxy groups -OCH3 is 2. The van der Waals surface area contributed by atoms with Crippen LogP contribution in [0.5, 0.6) is 11.5 Å². The first-order valence-electron chi connectivity index (χ1n) is 8.22. The lowest BCUT2D eigenvalue weighted by atomic mass is 10.0. The predicted molar refractivity (Wildman–Crippen MR) is 98.6 cm³/mol. The van der Waals surface area contributed by atoms with E-state index < -0.39 is 11.0 Å². The molecule has 0 aliphatic carbocycles. The molecule has 140 valence electrons. The topological polar surface area (TPSA) is 85.1 Å². The minimum Gasteiger partial charge on any atom is -0.493 e. The lowest BCUT2D eigenvalue weighted by Crippen LogP contribution is -2.27. The van der Waals surface area contributed by atoms with Gasteiger partial charge in [-0.15, -0.1) is 0 Å². The molecule has 2 aromatic carbocycles. The molecule has 0 aliphatic heterocycles. The minimum absolute atomic E-state index is 0.00292. The van der Waals surface area contributed by atoms with E-state index in [4.69, 9.17) is 9.47 Å². The van der Waals surface area contributed by atoms with Crippen LogP contribution in [0.2, 0.25) is 0 Å². The number of aliphatic hydroxyl groups is 1. The van der Waals surface area contributed by atoms with E-state index >= 15 is 0 Å². The molecule has 7 heteroatoms. The molecular weight excluding hydrogens is 336 g/mol. The van der Waals surface area contributed by atoms with E-state index in [1.165, 1.54) is 12.1 Å². The normalized spacial score (nSPS) is 13.3. The van der Waals surface area contributed by atoms with E-state index in [-0.39, 0.29) is 11.7 Å². The van der Waals surface area contributed by atoms with Crippen LogP contribution in [0.25, 0.3) is 0 Å². The quantitative estimate of drug-likeness (QED) is 0.574. The van der Waals surface area contributed by atoms with Gasteiger partial charge in [0, 0.05) is 24.7 Å². The number of hydrogen-bond donors (Lipinski definition) is 1. The van der Waals surface area contributed by atoms with Crippen LogP contribution >= 0.6 is 0 Å². The summed E-state index contributed by atoms with van der Waals surface area (Å²) in [7, 11) is 5.06. The molecule has 0 heterocycles. The Hall–Kier alpha value is -2.64. The summed E-state index contributed by atoms with van der Waals surface area (Å²) in [6.45, 7) is 2.35. The van der Waals surface area contributed by atoms with Gasteiger partial charge in [-0.3, -0.25) is 15.0 Å². The third kappa shape index (κ3) is 4.50. The van der Waals surface area contributed by atoms with E-state index in [0.29, 0.717) is 23.6 Å². The second-order valence-corrected chi connectivity index (χ2v) is 6.10. The maximum atomic E-state index is 10.9. The number of nitro groups is 1. The van der Waals surface area contributed by atoms with Crippen LogP contribution in [0.1, 0.15) is 30.2 Å². The number of nitro benzene ring substituents is 1. The first-order valence-corrected chi connectivity index (χ1v) is 8.22. The molecular formula is C19H24N2O5. The Morgan fingerprint density at radius 3 is 2.42 bits per heavy atom. The Kier molecular flexibility index (Phi) is 6.54. The largest absolute Gasteiger partial charge is 0.493 e. The van der Waals surface area contributed by atoms with Crippen molar-refractivity contribution in [2.75, 3.05) is 27.8 Å². The first-order chi connectivity index (χ1) is 12.4. The van der Waals surface area contributed by atoms with Gasteiger partial charge < -0.3 is 14.6 Å². The molecule has 0 amide bonds. The Labute approximate surface area is 152 Å². The molecule has 0 spiro atoms. The fourth-order valence-electron chi connectivity index (χ4n) is 2.75. The summed E-state index contributed by atoms with van der Waals surface area (Å²) in [6.07, 6.45) is -0.831. The average Bonchev–Trinajstić information content (AvgIpc) is 2.66. The van der Waals surface area contributed by atoms with Crippen molar-refractivity contribution in [3.63, 3.8) is 0 Å². The summed E-state index contributed by atoms with van der Waals surface area (Å²) in [5.74, 6) is 1.30. The smallest absolute Gasteiger partial charge is 0.269 e. The molecule has 0 aromatic heterocycles. The number of nitrogens with zero attached hydrogens (tertiary/aromatic N) is 2. The Bertz CT molecular complexity index is 765. The van der Waals surface area contributed by atoms with Crippen LogP contribution < -0.4 is 9.47 Å². The van der Waals surface area contributed by atoms with Crippen molar-refractivity contribution in [3.05, 3.63) is 63.7 Å². The Morgan fingerprint density at radius 2 is 1.81 bits per heavy atom. The number of benzene rings is 2. The fourth-order valence-corrected chi connectivity index (χ4v) is 2.75. The third-order valence-corrected chi connectivity index (χ3v) is 4.48. The van der Waals surface area contributed by atoms with Crippen LogP contribution in [-0.4, -0.2) is 42.7 Å². The van der Waals surface area contributed by atoms with Gasteiger partial charge in [0.15, 0.2) is 11.5 Å². The zero-order valence-electron chi connectivity index (χ0n) is 15.4. The molecule has 2 unspecified atom stereocenters. The third-order valence-electron chi connectivity index (χ3n) is 4.48. The molecule has 0 aliphatic rings. The van der Waals surface area contributed by atoms with Gasteiger partial charge in [0.1, 0.15) is 0 Å². The second kappa shape index (κ2) is 8.64. The van der Waals surface area contributed by atoms with Crippen molar-refractivity contribution in [1.29, 1.82) is 0 Å². The summed E-state index contributed by atoms with van der Waals surface area (Å²) < 4.78 is 10.6. The molecule has 0 saturated carbocycles. The summed E-state index contributed by atoms with van der Waals surface area (Å²) in [6, 6.07) is 11.8.